The molecule has 0 rings (SSSR count). The van der Waals surface area contributed by atoms with Crippen molar-refractivity contribution in [2.75, 3.05) is 31.6 Å². The van der Waals surface area contributed by atoms with Crippen LogP contribution in [0, 0.1) is 11.8 Å². The highest BCUT2D eigenvalue weighted by Gasteiger charge is 2.22. The number of hydrogen-bond donors (Lipinski definition) is 0. The highest BCUT2D eigenvalue weighted by molar-refractivity contribution is 9.09. The molecular formula is C42H84BrNO5. The van der Waals surface area contributed by atoms with Crippen LogP contribution in [0.3, 0.4) is 0 Å². The van der Waals surface area contributed by atoms with Gasteiger partial charge >= 0.3 is 11.9 Å². The molecule has 0 aliphatic rings. The molecule has 1 amide bonds. The Balaban J connectivity index is -0.00000508. The van der Waals surface area contributed by atoms with E-state index in [0.717, 1.165) is 64.2 Å². The highest BCUT2D eigenvalue weighted by atomic mass is 79.9. The molecule has 49 heavy (non-hydrogen) atoms. The van der Waals surface area contributed by atoms with E-state index in [1.165, 1.54) is 89.9 Å². The number of nitrogens with zero attached hydrogens (tertiary/aromatic N) is 1. The van der Waals surface area contributed by atoms with Crippen molar-refractivity contribution in [3.8, 4) is 0 Å². The second kappa shape index (κ2) is 43.1. The quantitative estimate of drug-likeness (QED) is 0.0378. The van der Waals surface area contributed by atoms with Gasteiger partial charge in [-0.2, -0.15) is 0 Å². The molecule has 0 aromatic heterocycles. The van der Waals surface area contributed by atoms with Gasteiger partial charge in [0, 0.05) is 0 Å². The van der Waals surface area contributed by atoms with Crippen LogP contribution in [0.5, 0.6) is 0 Å². The lowest BCUT2D eigenvalue weighted by Gasteiger charge is -2.23. The van der Waals surface area contributed by atoms with Gasteiger partial charge in [0.05, 0.1) is 30.3 Å². The predicted octanol–water partition coefficient (Wildman–Crippen LogP) is 13.0. The van der Waals surface area contributed by atoms with Crippen molar-refractivity contribution in [2.45, 2.75) is 209 Å². The zero-order chi connectivity index (χ0) is 37.4. The predicted molar refractivity (Wildman–Crippen MR) is 215 cm³/mol. The molecule has 7 heteroatoms. The Kier molecular flexibility index (Phi) is 45.9. The van der Waals surface area contributed by atoms with Gasteiger partial charge in [0.25, 0.3) is 0 Å². The highest BCUT2D eigenvalue weighted by Crippen LogP contribution is 2.22. The Morgan fingerprint density at radius 2 is 0.735 bits per heavy atom. The van der Waals surface area contributed by atoms with E-state index in [9.17, 15) is 14.4 Å². The Bertz CT molecular complexity index is 655. The maximum atomic E-state index is 13.1. The number of rotatable bonds is 33. The van der Waals surface area contributed by atoms with Crippen molar-refractivity contribution >= 4 is 33.8 Å². The van der Waals surface area contributed by atoms with Gasteiger partial charge in [-0.3, -0.25) is 14.4 Å². The summed E-state index contributed by atoms with van der Waals surface area (Å²) in [6.07, 6.45) is 27.2. The number of ether oxygens (including phenoxy) is 2. The zero-order valence-corrected chi connectivity index (χ0v) is 35.6. The average molecular weight is 763 g/mol. The maximum absolute atomic E-state index is 13.1. The minimum Gasteiger partial charge on any atom is -0.464 e. The average Bonchev–Trinajstić information content (AvgIpc) is 3.13. The summed E-state index contributed by atoms with van der Waals surface area (Å²) in [5, 5.41) is 0.186. The minimum absolute atomic E-state index is 0.0600. The van der Waals surface area contributed by atoms with Gasteiger partial charge in [0.2, 0.25) is 5.91 Å². The molecule has 0 radical (unpaired) electrons. The van der Waals surface area contributed by atoms with Crippen molar-refractivity contribution in [1.82, 2.24) is 4.90 Å². The summed E-state index contributed by atoms with van der Waals surface area (Å²) in [5.74, 6) is -0.462. The van der Waals surface area contributed by atoms with E-state index in [1.807, 2.05) is 27.7 Å². The smallest absolute Gasteiger partial charge is 0.308 e. The fourth-order valence-corrected chi connectivity index (χ4v) is 6.29. The van der Waals surface area contributed by atoms with Crippen molar-refractivity contribution in [1.29, 1.82) is 0 Å². The number of alkyl halides is 1. The van der Waals surface area contributed by atoms with Gasteiger partial charge in [-0.15, -0.1) is 0 Å². The van der Waals surface area contributed by atoms with Crippen LogP contribution in [0.1, 0.15) is 209 Å². The van der Waals surface area contributed by atoms with E-state index in [-0.39, 0.29) is 48.2 Å². The minimum atomic E-state index is -0.127. The molecular weight excluding hydrogens is 678 g/mol. The number of carbonyl (C=O) groups is 3. The first-order valence-electron chi connectivity index (χ1n) is 21.1. The Labute approximate surface area is 314 Å². The Morgan fingerprint density at radius 3 is 1.02 bits per heavy atom. The maximum Gasteiger partial charge on any atom is 0.308 e. The first-order valence-corrected chi connectivity index (χ1v) is 22.2. The van der Waals surface area contributed by atoms with Gasteiger partial charge in [0.1, 0.15) is 13.2 Å². The first kappa shape index (κ1) is 52.3. The van der Waals surface area contributed by atoms with Gasteiger partial charge in [-0.05, 0) is 25.7 Å². The van der Waals surface area contributed by atoms with E-state index >= 15 is 0 Å². The fraction of sp³-hybridized carbons (Fsp3) is 0.929. The summed E-state index contributed by atoms with van der Waals surface area (Å²) in [5.41, 5.74) is 0. The van der Waals surface area contributed by atoms with Crippen LogP contribution >= 0.6 is 15.9 Å². The molecule has 0 fully saturated rings. The lowest BCUT2D eigenvalue weighted by molar-refractivity contribution is -0.152. The molecule has 0 bridgehead atoms. The molecule has 2 atom stereocenters. The number of carbonyl (C=O) groups excluding carboxylic acids is 3. The normalized spacial score (nSPS) is 11.8. The van der Waals surface area contributed by atoms with Crippen LogP contribution in [0.25, 0.3) is 0 Å². The molecule has 0 aliphatic carbocycles. The van der Waals surface area contributed by atoms with Crippen molar-refractivity contribution in [3.05, 3.63) is 0 Å². The second-order valence-electron chi connectivity index (χ2n) is 13.1. The monoisotopic (exact) mass is 762 g/mol. The molecule has 6 nitrogen and oxygen atoms in total. The third-order valence-electron chi connectivity index (χ3n) is 8.97. The molecule has 2 unspecified atom stereocenters. The molecule has 0 aromatic carbocycles. The van der Waals surface area contributed by atoms with Gasteiger partial charge in [-0.1, -0.05) is 200 Å². The van der Waals surface area contributed by atoms with Crippen molar-refractivity contribution in [2.24, 2.45) is 11.8 Å². The van der Waals surface area contributed by atoms with Crippen molar-refractivity contribution in [3.63, 3.8) is 0 Å². The van der Waals surface area contributed by atoms with Gasteiger partial charge < -0.3 is 14.4 Å². The summed E-state index contributed by atoms with van der Waals surface area (Å²) in [7, 11) is 0. The van der Waals surface area contributed by atoms with Crippen LogP contribution in [0.4, 0.5) is 0 Å². The lowest BCUT2D eigenvalue weighted by Crippen LogP contribution is -2.38. The first-order chi connectivity index (χ1) is 23.9. The summed E-state index contributed by atoms with van der Waals surface area (Å²) >= 11 is 3.28. The van der Waals surface area contributed by atoms with Crippen molar-refractivity contribution < 1.29 is 23.9 Å². The standard InChI is InChI=1S/C38H72BrNO5.2C2H6/c1-5-9-13-17-19-23-27-34(25-21-15-11-7-3)37(42)44-31-29-40(36(41)33-39)30-32-45-38(43)35(26-22-16-12-8-4)28-24-20-18-14-10-6-2;2*1-2/h34-35H,5-33H2,1-4H3;2*1-2H3. The van der Waals surface area contributed by atoms with Crippen LogP contribution in [0.2, 0.25) is 0 Å². The van der Waals surface area contributed by atoms with E-state index in [1.54, 1.807) is 4.90 Å². The van der Waals surface area contributed by atoms with Crippen LogP contribution in [-0.4, -0.2) is 54.4 Å². The number of amides is 1. The topological polar surface area (TPSA) is 72.9 Å². The number of halogens is 1. The molecule has 0 aliphatic heterocycles. The molecule has 0 aromatic rings. The third kappa shape index (κ3) is 33.8. The number of hydrogen-bond acceptors (Lipinski definition) is 5. The van der Waals surface area contributed by atoms with Crippen LogP contribution < -0.4 is 0 Å². The number of unbranched alkanes of at least 4 members (excludes halogenated alkanes) is 16. The Morgan fingerprint density at radius 1 is 0.469 bits per heavy atom. The third-order valence-corrected chi connectivity index (χ3v) is 9.45. The SMILES string of the molecule is CC.CC.CCCCCCCCC(CCCCCC)C(=O)OCCN(CCOC(=O)C(CCCCCC)CCCCCCCC)C(=O)CBr. The van der Waals surface area contributed by atoms with E-state index in [2.05, 4.69) is 43.6 Å². The Hall–Kier alpha value is -1.11. The van der Waals surface area contributed by atoms with Crippen LogP contribution in [-0.2, 0) is 23.9 Å². The lowest BCUT2D eigenvalue weighted by atomic mass is 9.94. The molecule has 0 saturated carbocycles. The summed E-state index contributed by atoms with van der Waals surface area (Å²) < 4.78 is 11.5. The number of esters is 2. The molecule has 0 N–H and O–H groups in total. The van der Waals surface area contributed by atoms with Gasteiger partial charge in [-0.25, -0.2) is 0 Å². The van der Waals surface area contributed by atoms with E-state index in [4.69, 9.17) is 9.47 Å². The molecule has 0 saturated heterocycles. The summed E-state index contributed by atoms with van der Waals surface area (Å²) in [6, 6.07) is 0. The molecule has 0 spiro atoms. The van der Waals surface area contributed by atoms with E-state index in [0.29, 0.717) is 13.1 Å². The zero-order valence-electron chi connectivity index (χ0n) is 34.0. The summed E-state index contributed by atoms with van der Waals surface area (Å²) in [6.45, 7) is 17.8. The molecule has 0 heterocycles. The second-order valence-corrected chi connectivity index (χ2v) is 13.6. The fourth-order valence-electron chi connectivity index (χ4n) is 5.93. The largest absolute Gasteiger partial charge is 0.464 e. The van der Waals surface area contributed by atoms with E-state index < -0.39 is 0 Å². The van der Waals surface area contributed by atoms with Crippen LogP contribution in [0.15, 0.2) is 0 Å². The molecule has 294 valence electrons. The van der Waals surface area contributed by atoms with Gasteiger partial charge in [0.15, 0.2) is 0 Å². The summed E-state index contributed by atoms with van der Waals surface area (Å²) in [4.78, 5) is 40.4.